The number of carbonyl (C=O) groups excluding carboxylic acids is 2. The molecule has 0 unspecified atom stereocenters. The lowest BCUT2D eigenvalue weighted by molar-refractivity contribution is -0.109. The predicted octanol–water partition coefficient (Wildman–Crippen LogP) is 3.42. The topological polar surface area (TPSA) is 67.4 Å². The molecule has 0 fully saturated rings. The Balaban J connectivity index is 2.09. The van der Waals surface area contributed by atoms with Crippen LogP contribution in [0.5, 0.6) is 5.75 Å². The highest BCUT2D eigenvalue weighted by atomic mass is 79.9. The maximum Gasteiger partial charge on any atom is 0.251 e. The first-order valence-corrected chi connectivity index (χ1v) is 9.72. The van der Waals surface area contributed by atoms with Crippen molar-refractivity contribution in [2.75, 3.05) is 20.2 Å². The molecule has 0 bridgehead atoms. The number of rotatable bonds is 10. The van der Waals surface area contributed by atoms with Crippen LogP contribution in [0.1, 0.15) is 33.5 Å². The zero-order chi connectivity index (χ0) is 19.6. The molecule has 2 aromatic carbocycles. The minimum Gasteiger partial charge on any atom is -0.496 e. The smallest absolute Gasteiger partial charge is 0.251 e. The van der Waals surface area contributed by atoms with Crippen LogP contribution in [-0.2, 0) is 17.6 Å². The third kappa shape index (κ3) is 6.10. The Morgan fingerprint density at radius 2 is 1.93 bits per heavy atom. The lowest BCUT2D eigenvalue weighted by atomic mass is 9.95. The number of halogens is 1. The van der Waals surface area contributed by atoms with E-state index in [0.29, 0.717) is 25.9 Å². The molecule has 0 heterocycles. The van der Waals surface area contributed by atoms with Crippen molar-refractivity contribution in [3.8, 4) is 5.75 Å². The first kappa shape index (κ1) is 21.0. The zero-order valence-electron chi connectivity index (χ0n) is 15.7. The van der Waals surface area contributed by atoms with E-state index in [0.717, 1.165) is 45.3 Å². The highest BCUT2D eigenvalue weighted by Crippen LogP contribution is 2.25. The van der Waals surface area contributed by atoms with Crippen molar-refractivity contribution < 1.29 is 14.3 Å². The van der Waals surface area contributed by atoms with E-state index in [2.05, 4.69) is 32.6 Å². The van der Waals surface area contributed by atoms with Gasteiger partial charge in [-0.3, -0.25) is 9.59 Å². The van der Waals surface area contributed by atoms with Gasteiger partial charge in [-0.2, -0.15) is 0 Å². The van der Waals surface area contributed by atoms with Crippen molar-refractivity contribution in [2.45, 2.75) is 26.2 Å². The second-order valence-electron chi connectivity index (χ2n) is 6.25. The van der Waals surface area contributed by atoms with E-state index < -0.39 is 0 Å². The van der Waals surface area contributed by atoms with Crippen LogP contribution in [-0.4, -0.2) is 32.5 Å². The number of hydrogen-bond acceptors (Lipinski definition) is 3. The molecule has 6 heteroatoms. The van der Waals surface area contributed by atoms with Gasteiger partial charge in [0, 0.05) is 23.1 Å². The van der Waals surface area contributed by atoms with Gasteiger partial charge in [0.25, 0.3) is 5.91 Å². The van der Waals surface area contributed by atoms with Crippen molar-refractivity contribution in [3.63, 3.8) is 0 Å². The average Bonchev–Trinajstić information content (AvgIpc) is 2.66. The first-order chi connectivity index (χ1) is 13.1. The molecule has 2 aromatic rings. The second kappa shape index (κ2) is 10.7. The quantitative estimate of drug-likeness (QED) is 0.446. The Morgan fingerprint density at radius 3 is 2.67 bits per heavy atom. The van der Waals surface area contributed by atoms with Crippen LogP contribution in [0.15, 0.2) is 40.9 Å². The van der Waals surface area contributed by atoms with E-state index in [1.54, 1.807) is 7.11 Å². The van der Waals surface area contributed by atoms with Crippen molar-refractivity contribution in [1.82, 2.24) is 10.6 Å². The van der Waals surface area contributed by atoms with Crippen molar-refractivity contribution in [2.24, 2.45) is 0 Å². The monoisotopic (exact) mass is 432 g/mol. The summed E-state index contributed by atoms with van der Waals surface area (Å²) in [6, 6.07) is 11.9. The molecule has 2 rings (SSSR count). The SMILES string of the molecule is COc1ccc(Br)cc1CCc1cccc(C)c1C(=O)NCCCNC=O. The van der Waals surface area contributed by atoms with Crippen LogP contribution in [0.25, 0.3) is 0 Å². The highest BCUT2D eigenvalue weighted by molar-refractivity contribution is 9.10. The minimum absolute atomic E-state index is 0.0737. The molecule has 5 nitrogen and oxygen atoms in total. The summed E-state index contributed by atoms with van der Waals surface area (Å²) in [5.41, 5.74) is 3.80. The Labute approximate surface area is 168 Å². The summed E-state index contributed by atoms with van der Waals surface area (Å²) < 4.78 is 6.45. The van der Waals surface area contributed by atoms with Gasteiger partial charge in [0.2, 0.25) is 6.41 Å². The number of nitrogens with one attached hydrogen (secondary N) is 2. The van der Waals surface area contributed by atoms with E-state index in [-0.39, 0.29) is 5.91 Å². The number of benzene rings is 2. The molecule has 0 aliphatic rings. The fraction of sp³-hybridized carbons (Fsp3) is 0.333. The molecule has 0 aliphatic carbocycles. The van der Waals surface area contributed by atoms with Gasteiger partial charge < -0.3 is 15.4 Å². The maximum atomic E-state index is 12.7. The lowest BCUT2D eigenvalue weighted by Crippen LogP contribution is -2.28. The highest BCUT2D eigenvalue weighted by Gasteiger charge is 2.14. The fourth-order valence-corrected chi connectivity index (χ4v) is 3.42. The van der Waals surface area contributed by atoms with Crippen LogP contribution >= 0.6 is 15.9 Å². The van der Waals surface area contributed by atoms with Crippen LogP contribution in [0, 0.1) is 6.92 Å². The van der Waals surface area contributed by atoms with Crippen molar-refractivity contribution in [1.29, 1.82) is 0 Å². The summed E-state index contributed by atoms with van der Waals surface area (Å²) in [6.07, 6.45) is 2.87. The van der Waals surface area contributed by atoms with Gasteiger partial charge in [-0.25, -0.2) is 0 Å². The van der Waals surface area contributed by atoms with Crippen molar-refractivity contribution in [3.05, 3.63) is 63.1 Å². The standard InChI is InChI=1S/C21H25BrN2O3/c1-15-5-3-6-16(20(15)21(26)24-12-4-11-23-14-25)7-8-17-13-18(22)9-10-19(17)27-2/h3,5-6,9-10,13-14H,4,7-8,11-12H2,1-2H3,(H,23,25)(H,24,26). The van der Waals surface area contributed by atoms with Crippen LogP contribution in [0.2, 0.25) is 0 Å². The van der Waals surface area contributed by atoms with Crippen molar-refractivity contribution >= 4 is 28.2 Å². The predicted molar refractivity (Wildman–Crippen MR) is 110 cm³/mol. The molecule has 0 aromatic heterocycles. The van der Waals surface area contributed by atoms with Gasteiger partial charge in [0.05, 0.1) is 7.11 Å². The number of carbonyl (C=O) groups is 2. The Bertz CT molecular complexity index is 793. The molecular weight excluding hydrogens is 408 g/mol. The summed E-state index contributed by atoms with van der Waals surface area (Å²) in [4.78, 5) is 22.9. The molecule has 0 radical (unpaired) electrons. The van der Waals surface area contributed by atoms with Crippen LogP contribution in [0.4, 0.5) is 0 Å². The van der Waals surface area contributed by atoms with E-state index >= 15 is 0 Å². The molecule has 144 valence electrons. The molecule has 0 saturated carbocycles. The molecule has 0 atom stereocenters. The molecule has 0 spiro atoms. The van der Waals surface area contributed by atoms with Gasteiger partial charge in [0.15, 0.2) is 0 Å². The summed E-state index contributed by atoms with van der Waals surface area (Å²) in [7, 11) is 1.66. The lowest BCUT2D eigenvalue weighted by Gasteiger charge is -2.14. The normalized spacial score (nSPS) is 10.3. The van der Waals surface area contributed by atoms with E-state index in [9.17, 15) is 9.59 Å². The number of aryl methyl sites for hydroxylation is 3. The number of ether oxygens (including phenoxy) is 1. The fourth-order valence-electron chi connectivity index (χ4n) is 3.01. The van der Waals surface area contributed by atoms with Crippen LogP contribution < -0.4 is 15.4 Å². The molecule has 0 saturated heterocycles. The minimum atomic E-state index is -0.0737. The Kier molecular flexibility index (Phi) is 8.33. The molecule has 2 amide bonds. The van der Waals surface area contributed by atoms with Gasteiger partial charge in [-0.15, -0.1) is 0 Å². The van der Waals surface area contributed by atoms with E-state index in [1.165, 1.54) is 0 Å². The number of methoxy groups -OCH3 is 1. The third-order valence-corrected chi connectivity index (χ3v) is 4.85. The maximum absolute atomic E-state index is 12.7. The Morgan fingerprint density at radius 1 is 1.15 bits per heavy atom. The Hall–Kier alpha value is -2.34. The average molecular weight is 433 g/mol. The van der Waals surface area contributed by atoms with E-state index in [1.807, 2.05) is 37.3 Å². The summed E-state index contributed by atoms with van der Waals surface area (Å²) in [6.45, 7) is 3.02. The number of hydrogen-bond donors (Lipinski definition) is 2. The van der Waals surface area contributed by atoms with Gasteiger partial charge in [-0.1, -0.05) is 34.1 Å². The van der Waals surface area contributed by atoms with Gasteiger partial charge in [-0.05, 0) is 61.1 Å². The van der Waals surface area contributed by atoms with Crippen LogP contribution in [0.3, 0.4) is 0 Å². The van der Waals surface area contributed by atoms with Gasteiger partial charge in [0.1, 0.15) is 5.75 Å². The number of amides is 2. The molecule has 0 aliphatic heterocycles. The first-order valence-electron chi connectivity index (χ1n) is 8.93. The summed E-state index contributed by atoms with van der Waals surface area (Å²) >= 11 is 3.50. The largest absolute Gasteiger partial charge is 0.496 e. The molecule has 27 heavy (non-hydrogen) atoms. The third-order valence-electron chi connectivity index (χ3n) is 4.36. The zero-order valence-corrected chi connectivity index (χ0v) is 17.3. The van der Waals surface area contributed by atoms with Gasteiger partial charge >= 0.3 is 0 Å². The van der Waals surface area contributed by atoms with E-state index in [4.69, 9.17) is 4.74 Å². The second-order valence-corrected chi connectivity index (χ2v) is 7.16. The summed E-state index contributed by atoms with van der Waals surface area (Å²) in [5.74, 6) is 0.773. The molecular formula is C21H25BrN2O3. The summed E-state index contributed by atoms with van der Waals surface area (Å²) in [5, 5.41) is 5.53. The molecule has 2 N–H and O–H groups in total.